The summed E-state index contributed by atoms with van der Waals surface area (Å²) in [6.45, 7) is 0.560. The number of nitrogens with one attached hydrogen (secondary N) is 4. The number of carbonyl (C=O) groups is 2. The fourth-order valence-corrected chi connectivity index (χ4v) is 3.47. The van der Waals surface area contributed by atoms with Crippen LogP contribution in [0.3, 0.4) is 0 Å². The van der Waals surface area contributed by atoms with Crippen molar-refractivity contribution < 1.29 is 14.7 Å². The molecule has 4 aromatic rings. The van der Waals surface area contributed by atoms with Gasteiger partial charge in [0, 0.05) is 24.8 Å². The standard InChI is InChI=1S/C26H24N6O4/c33-24-19-15-17(7-6-14-28-22-10-4-5-13-27-22)11-12-20(19)30-23(32-24)16-21(25(34)35)31-26(36)29-18-8-2-1-3-9-18/h1-13,15,21H,14,16H2,(H,27,28)(H,34,35)(H2,29,31,36)(H,30,32,33)/t21-/m0/s1. The lowest BCUT2D eigenvalue weighted by atomic mass is 10.1. The highest BCUT2D eigenvalue weighted by atomic mass is 16.4. The first-order valence-corrected chi connectivity index (χ1v) is 11.2. The van der Waals surface area contributed by atoms with Gasteiger partial charge in [0.05, 0.1) is 10.9 Å². The molecule has 0 bridgehead atoms. The Morgan fingerprint density at radius 1 is 1.06 bits per heavy atom. The van der Waals surface area contributed by atoms with Crippen LogP contribution in [0, 0.1) is 0 Å². The highest BCUT2D eigenvalue weighted by molar-refractivity contribution is 5.92. The van der Waals surface area contributed by atoms with E-state index in [0.717, 1.165) is 11.4 Å². The van der Waals surface area contributed by atoms with Crippen molar-refractivity contribution in [2.45, 2.75) is 12.5 Å². The number of hydrogen-bond acceptors (Lipinski definition) is 6. The van der Waals surface area contributed by atoms with Gasteiger partial charge in [-0.15, -0.1) is 0 Å². The van der Waals surface area contributed by atoms with E-state index >= 15 is 0 Å². The molecular weight excluding hydrogens is 460 g/mol. The van der Waals surface area contributed by atoms with E-state index in [2.05, 4.69) is 30.9 Å². The number of benzene rings is 2. The number of nitrogens with zero attached hydrogens (tertiary/aromatic N) is 2. The van der Waals surface area contributed by atoms with Gasteiger partial charge in [-0.3, -0.25) is 4.79 Å². The van der Waals surface area contributed by atoms with Crippen LogP contribution in [0.15, 0.2) is 83.8 Å². The number of carbonyl (C=O) groups excluding carboxylic acids is 1. The molecule has 10 heteroatoms. The molecule has 0 radical (unpaired) electrons. The van der Waals surface area contributed by atoms with Gasteiger partial charge in [0.25, 0.3) is 5.56 Å². The highest BCUT2D eigenvalue weighted by Crippen LogP contribution is 2.13. The molecule has 0 fully saturated rings. The molecule has 2 heterocycles. The molecule has 0 aliphatic carbocycles. The van der Waals surface area contributed by atoms with E-state index in [1.165, 1.54) is 0 Å². The number of carboxylic acids is 1. The van der Waals surface area contributed by atoms with E-state index < -0.39 is 23.6 Å². The molecule has 36 heavy (non-hydrogen) atoms. The van der Waals surface area contributed by atoms with Gasteiger partial charge in [0.2, 0.25) is 0 Å². The summed E-state index contributed by atoms with van der Waals surface area (Å²) >= 11 is 0. The third kappa shape index (κ3) is 6.54. The van der Waals surface area contributed by atoms with Crippen molar-refractivity contribution in [3.63, 3.8) is 0 Å². The number of anilines is 2. The van der Waals surface area contributed by atoms with Crippen molar-refractivity contribution in [3.8, 4) is 0 Å². The topological polar surface area (TPSA) is 149 Å². The number of carboxylic acid groups (broad SMARTS) is 1. The minimum atomic E-state index is -1.29. The molecule has 4 rings (SSSR count). The smallest absolute Gasteiger partial charge is 0.326 e. The lowest BCUT2D eigenvalue weighted by Gasteiger charge is -2.15. The largest absolute Gasteiger partial charge is 0.480 e. The second-order valence-electron chi connectivity index (χ2n) is 7.85. The van der Waals surface area contributed by atoms with Gasteiger partial charge in [-0.2, -0.15) is 0 Å². The summed E-state index contributed by atoms with van der Waals surface area (Å²) in [4.78, 5) is 47.9. The fourth-order valence-electron chi connectivity index (χ4n) is 3.47. The van der Waals surface area contributed by atoms with Crippen molar-refractivity contribution in [2.24, 2.45) is 0 Å². The van der Waals surface area contributed by atoms with Crippen LogP contribution in [0.4, 0.5) is 16.3 Å². The van der Waals surface area contributed by atoms with Gasteiger partial charge in [0.1, 0.15) is 17.7 Å². The van der Waals surface area contributed by atoms with Crippen molar-refractivity contribution in [2.75, 3.05) is 17.2 Å². The van der Waals surface area contributed by atoms with Crippen LogP contribution in [-0.2, 0) is 11.2 Å². The van der Waals surface area contributed by atoms with E-state index in [0.29, 0.717) is 23.1 Å². The van der Waals surface area contributed by atoms with Crippen LogP contribution < -0.4 is 21.5 Å². The van der Waals surface area contributed by atoms with Crippen LogP contribution in [0.5, 0.6) is 0 Å². The molecule has 10 nitrogen and oxygen atoms in total. The number of urea groups is 1. The Morgan fingerprint density at radius 2 is 1.86 bits per heavy atom. The van der Waals surface area contributed by atoms with Crippen molar-refractivity contribution in [1.82, 2.24) is 20.3 Å². The number of pyridine rings is 1. The molecule has 0 spiro atoms. The molecule has 0 unspecified atom stereocenters. The summed E-state index contributed by atoms with van der Waals surface area (Å²) < 4.78 is 0. The maximum Gasteiger partial charge on any atom is 0.326 e. The van der Waals surface area contributed by atoms with Crippen LogP contribution in [0.2, 0.25) is 0 Å². The number of aromatic amines is 1. The number of fused-ring (bicyclic) bond motifs is 1. The summed E-state index contributed by atoms with van der Waals surface area (Å²) in [6, 6.07) is 17.5. The first kappa shape index (κ1) is 24.1. The van der Waals surface area contributed by atoms with Crippen molar-refractivity contribution >= 4 is 40.5 Å². The van der Waals surface area contributed by atoms with E-state index in [9.17, 15) is 19.5 Å². The van der Waals surface area contributed by atoms with Gasteiger partial charge in [-0.25, -0.2) is 19.6 Å². The number of aromatic nitrogens is 3. The summed E-state index contributed by atoms with van der Waals surface area (Å²) in [6.07, 6.45) is 5.30. The summed E-state index contributed by atoms with van der Waals surface area (Å²) in [5, 5.41) is 18.1. The average Bonchev–Trinajstić information content (AvgIpc) is 2.87. The molecule has 2 amide bonds. The predicted molar refractivity (Wildman–Crippen MR) is 138 cm³/mol. The lowest BCUT2D eigenvalue weighted by molar-refractivity contribution is -0.139. The molecule has 182 valence electrons. The Labute approximate surface area is 206 Å². The number of H-pyrrole nitrogens is 1. The normalized spacial score (nSPS) is 11.8. The monoisotopic (exact) mass is 484 g/mol. The Balaban J connectivity index is 1.42. The molecule has 0 saturated carbocycles. The van der Waals surface area contributed by atoms with E-state index in [1.807, 2.05) is 36.4 Å². The quantitative estimate of drug-likeness (QED) is 0.245. The third-order valence-electron chi connectivity index (χ3n) is 5.19. The molecule has 0 aliphatic heterocycles. The van der Waals surface area contributed by atoms with Gasteiger partial charge < -0.3 is 26.0 Å². The second-order valence-corrected chi connectivity index (χ2v) is 7.85. The summed E-state index contributed by atoms with van der Waals surface area (Å²) in [5.74, 6) is -0.330. The van der Waals surface area contributed by atoms with Gasteiger partial charge in [0.15, 0.2) is 0 Å². The molecule has 2 aromatic carbocycles. The minimum absolute atomic E-state index is 0.155. The number of hydrogen-bond donors (Lipinski definition) is 5. The summed E-state index contributed by atoms with van der Waals surface area (Å²) in [5.41, 5.74) is 1.37. The zero-order chi connectivity index (χ0) is 25.3. The van der Waals surface area contributed by atoms with Gasteiger partial charge >= 0.3 is 12.0 Å². The first-order valence-electron chi connectivity index (χ1n) is 11.2. The maximum absolute atomic E-state index is 12.7. The second kappa shape index (κ2) is 11.4. The van der Waals surface area contributed by atoms with Crippen LogP contribution in [0.25, 0.3) is 17.0 Å². The minimum Gasteiger partial charge on any atom is -0.480 e. The highest BCUT2D eigenvalue weighted by Gasteiger charge is 2.22. The fraction of sp³-hybridized carbons (Fsp3) is 0.115. The maximum atomic E-state index is 12.7. The zero-order valence-corrected chi connectivity index (χ0v) is 19.1. The summed E-state index contributed by atoms with van der Waals surface area (Å²) in [7, 11) is 0. The Kier molecular flexibility index (Phi) is 7.66. The third-order valence-corrected chi connectivity index (χ3v) is 5.19. The first-order chi connectivity index (χ1) is 17.5. The Hall–Kier alpha value is -4.99. The number of amides is 2. The van der Waals surface area contributed by atoms with Gasteiger partial charge in [-0.05, 0) is 42.0 Å². The Bertz CT molecular complexity index is 1440. The molecule has 0 aliphatic rings. The van der Waals surface area contributed by atoms with Crippen molar-refractivity contribution in [3.05, 3.63) is 101 Å². The average molecular weight is 485 g/mol. The molecular formula is C26H24N6O4. The molecule has 2 aromatic heterocycles. The van der Waals surface area contributed by atoms with Crippen molar-refractivity contribution in [1.29, 1.82) is 0 Å². The molecule has 1 atom stereocenters. The van der Waals surface area contributed by atoms with Gasteiger partial charge in [-0.1, -0.05) is 42.5 Å². The predicted octanol–water partition coefficient (Wildman–Crippen LogP) is 3.26. The lowest BCUT2D eigenvalue weighted by Crippen LogP contribution is -2.44. The van der Waals surface area contributed by atoms with E-state index in [4.69, 9.17) is 0 Å². The SMILES string of the molecule is O=C(Nc1ccccc1)N[C@@H](Cc1nc2ccc(C=CCNc3ccccn3)cc2c(=O)[nH]1)C(=O)O. The number of aliphatic carboxylic acids is 1. The Morgan fingerprint density at radius 3 is 2.61 bits per heavy atom. The van der Waals surface area contributed by atoms with E-state index in [1.54, 1.807) is 48.7 Å². The van der Waals surface area contributed by atoms with Crippen LogP contribution >= 0.6 is 0 Å². The molecule has 0 saturated heterocycles. The number of para-hydroxylation sites is 1. The van der Waals surface area contributed by atoms with Crippen LogP contribution in [0.1, 0.15) is 11.4 Å². The van der Waals surface area contributed by atoms with E-state index in [-0.39, 0.29) is 12.2 Å². The molecule has 5 N–H and O–H groups in total. The number of rotatable bonds is 9. The zero-order valence-electron chi connectivity index (χ0n) is 19.1. The van der Waals surface area contributed by atoms with Crippen LogP contribution in [-0.4, -0.2) is 44.6 Å².